The second-order valence-electron chi connectivity index (χ2n) is 3.07. The van der Waals surface area contributed by atoms with Gasteiger partial charge in [-0.3, -0.25) is 4.79 Å². The molecule has 1 aliphatic rings. The Morgan fingerprint density at radius 1 is 1.69 bits per heavy atom. The zero-order valence-corrected chi connectivity index (χ0v) is 8.19. The SMILES string of the molecule is Cc1ccsc1C1CNC(=O)CO1. The van der Waals surface area contributed by atoms with Crippen molar-refractivity contribution in [1.82, 2.24) is 5.32 Å². The quantitative estimate of drug-likeness (QED) is 0.735. The van der Waals surface area contributed by atoms with Gasteiger partial charge in [-0.2, -0.15) is 0 Å². The van der Waals surface area contributed by atoms with Gasteiger partial charge in [0.1, 0.15) is 12.7 Å². The van der Waals surface area contributed by atoms with Crippen LogP contribution in [0.25, 0.3) is 0 Å². The molecule has 1 N–H and O–H groups in total. The maximum atomic E-state index is 10.8. The van der Waals surface area contributed by atoms with Gasteiger partial charge in [-0.1, -0.05) is 0 Å². The van der Waals surface area contributed by atoms with E-state index in [1.165, 1.54) is 10.4 Å². The fraction of sp³-hybridized carbons (Fsp3) is 0.444. The molecule has 70 valence electrons. The number of amides is 1. The molecule has 1 aromatic heterocycles. The summed E-state index contributed by atoms with van der Waals surface area (Å²) in [7, 11) is 0. The summed E-state index contributed by atoms with van der Waals surface area (Å²) in [6, 6.07) is 2.07. The van der Waals surface area contributed by atoms with Crippen LogP contribution in [-0.2, 0) is 9.53 Å². The van der Waals surface area contributed by atoms with Crippen LogP contribution in [0.4, 0.5) is 0 Å². The molecule has 1 fully saturated rings. The number of ether oxygens (including phenoxy) is 1. The Bertz CT molecular complexity index is 311. The third-order valence-electron chi connectivity index (χ3n) is 2.09. The predicted molar refractivity (Wildman–Crippen MR) is 50.8 cm³/mol. The molecule has 1 atom stereocenters. The van der Waals surface area contributed by atoms with Crippen molar-refractivity contribution < 1.29 is 9.53 Å². The van der Waals surface area contributed by atoms with Crippen molar-refractivity contribution in [2.75, 3.05) is 13.2 Å². The number of hydrogen-bond acceptors (Lipinski definition) is 3. The first-order valence-electron chi connectivity index (χ1n) is 4.19. The van der Waals surface area contributed by atoms with Crippen LogP contribution in [-0.4, -0.2) is 19.1 Å². The molecule has 2 heterocycles. The van der Waals surface area contributed by atoms with Crippen molar-refractivity contribution in [3.05, 3.63) is 21.9 Å². The molecule has 3 nitrogen and oxygen atoms in total. The topological polar surface area (TPSA) is 38.3 Å². The van der Waals surface area contributed by atoms with E-state index in [0.29, 0.717) is 6.54 Å². The third-order valence-corrected chi connectivity index (χ3v) is 3.21. The van der Waals surface area contributed by atoms with Crippen LogP contribution in [0.1, 0.15) is 16.5 Å². The molecule has 0 bridgehead atoms. The molecule has 0 aliphatic carbocycles. The van der Waals surface area contributed by atoms with E-state index in [1.807, 2.05) is 5.38 Å². The summed E-state index contributed by atoms with van der Waals surface area (Å²) in [5, 5.41) is 4.84. The number of carbonyl (C=O) groups excluding carboxylic acids is 1. The van der Waals surface area contributed by atoms with Crippen LogP contribution in [0.5, 0.6) is 0 Å². The Hall–Kier alpha value is -0.870. The first-order valence-corrected chi connectivity index (χ1v) is 5.07. The summed E-state index contributed by atoms with van der Waals surface area (Å²) in [4.78, 5) is 12.1. The molecule has 1 amide bonds. The Labute approximate surface area is 80.7 Å². The molecular formula is C9H11NO2S. The summed E-state index contributed by atoms with van der Waals surface area (Å²) in [6.45, 7) is 2.84. The molecule has 1 saturated heterocycles. The van der Waals surface area contributed by atoms with E-state index in [2.05, 4.69) is 18.3 Å². The molecule has 1 unspecified atom stereocenters. The predicted octanol–water partition coefficient (Wildman–Crippen LogP) is 1.24. The van der Waals surface area contributed by atoms with Gasteiger partial charge in [-0.05, 0) is 23.9 Å². The highest BCUT2D eigenvalue weighted by molar-refractivity contribution is 7.10. The number of morpholine rings is 1. The van der Waals surface area contributed by atoms with Gasteiger partial charge in [0.25, 0.3) is 0 Å². The fourth-order valence-electron chi connectivity index (χ4n) is 1.38. The van der Waals surface area contributed by atoms with E-state index in [4.69, 9.17) is 4.74 Å². The highest BCUT2D eigenvalue weighted by Gasteiger charge is 2.21. The van der Waals surface area contributed by atoms with Crippen molar-refractivity contribution in [2.45, 2.75) is 13.0 Å². The van der Waals surface area contributed by atoms with Gasteiger partial charge in [0.2, 0.25) is 5.91 Å². The minimum atomic E-state index is -0.0227. The van der Waals surface area contributed by atoms with Crippen LogP contribution in [0.15, 0.2) is 11.4 Å². The van der Waals surface area contributed by atoms with Crippen LogP contribution >= 0.6 is 11.3 Å². The smallest absolute Gasteiger partial charge is 0.246 e. The second-order valence-corrected chi connectivity index (χ2v) is 4.02. The Morgan fingerprint density at radius 2 is 2.54 bits per heavy atom. The zero-order chi connectivity index (χ0) is 9.26. The van der Waals surface area contributed by atoms with Crippen LogP contribution in [0.3, 0.4) is 0 Å². The molecule has 4 heteroatoms. The van der Waals surface area contributed by atoms with Crippen molar-refractivity contribution in [1.29, 1.82) is 0 Å². The number of carbonyl (C=O) groups is 1. The van der Waals surface area contributed by atoms with Crippen LogP contribution in [0, 0.1) is 6.92 Å². The van der Waals surface area contributed by atoms with Gasteiger partial charge in [0.15, 0.2) is 0 Å². The largest absolute Gasteiger partial charge is 0.361 e. The van der Waals surface area contributed by atoms with E-state index in [9.17, 15) is 4.79 Å². The van der Waals surface area contributed by atoms with Gasteiger partial charge < -0.3 is 10.1 Å². The lowest BCUT2D eigenvalue weighted by molar-refractivity contribution is -0.133. The monoisotopic (exact) mass is 197 g/mol. The number of thiophene rings is 1. The van der Waals surface area contributed by atoms with E-state index in [0.717, 1.165) is 0 Å². The summed E-state index contributed by atoms with van der Waals surface area (Å²) >= 11 is 1.68. The van der Waals surface area contributed by atoms with Gasteiger partial charge in [-0.25, -0.2) is 0 Å². The van der Waals surface area contributed by atoms with Gasteiger partial charge in [-0.15, -0.1) is 11.3 Å². The van der Waals surface area contributed by atoms with E-state index >= 15 is 0 Å². The van der Waals surface area contributed by atoms with Crippen LogP contribution in [0.2, 0.25) is 0 Å². The summed E-state index contributed by atoms with van der Waals surface area (Å²) < 4.78 is 5.41. The van der Waals surface area contributed by atoms with Gasteiger partial charge >= 0.3 is 0 Å². The molecule has 0 spiro atoms. The third kappa shape index (κ3) is 1.73. The lowest BCUT2D eigenvalue weighted by atomic mass is 10.2. The number of aryl methyl sites for hydroxylation is 1. The molecule has 0 radical (unpaired) electrons. The maximum Gasteiger partial charge on any atom is 0.246 e. The summed E-state index contributed by atoms with van der Waals surface area (Å²) in [5.41, 5.74) is 1.24. The van der Waals surface area contributed by atoms with Gasteiger partial charge in [0.05, 0.1) is 0 Å². The zero-order valence-electron chi connectivity index (χ0n) is 7.37. The molecule has 2 rings (SSSR count). The molecule has 1 aromatic rings. The molecule has 0 saturated carbocycles. The number of nitrogens with one attached hydrogen (secondary N) is 1. The van der Waals surface area contributed by atoms with Crippen molar-refractivity contribution in [2.24, 2.45) is 0 Å². The molecular weight excluding hydrogens is 186 g/mol. The minimum absolute atomic E-state index is 0.0227. The number of hydrogen-bond donors (Lipinski definition) is 1. The highest BCUT2D eigenvalue weighted by atomic mass is 32.1. The Balaban J connectivity index is 2.10. The first kappa shape index (κ1) is 8.72. The summed E-state index contributed by atoms with van der Waals surface area (Å²) in [5.74, 6) is -0.0227. The van der Waals surface area contributed by atoms with Crippen molar-refractivity contribution in [3.63, 3.8) is 0 Å². The average molecular weight is 197 g/mol. The standard InChI is InChI=1S/C9H11NO2S/c1-6-2-3-13-9(6)7-4-10-8(11)5-12-7/h2-3,7H,4-5H2,1H3,(H,10,11). The fourth-order valence-corrected chi connectivity index (χ4v) is 2.35. The first-order chi connectivity index (χ1) is 6.27. The highest BCUT2D eigenvalue weighted by Crippen LogP contribution is 2.27. The van der Waals surface area contributed by atoms with E-state index < -0.39 is 0 Å². The lowest BCUT2D eigenvalue weighted by Crippen LogP contribution is -2.38. The molecule has 0 aromatic carbocycles. The number of rotatable bonds is 1. The normalized spacial score (nSPS) is 22.8. The van der Waals surface area contributed by atoms with E-state index in [-0.39, 0.29) is 18.6 Å². The van der Waals surface area contributed by atoms with Crippen molar-refractivity contribution in [3.8, 4) is 0 Å². The minimum Gasteiger partial charge on any atom is -0.361 e. The molecule has 1 aliphatic heterocycles. The maximum absolute atomic E-state index is 10.8. The van der Waals surface area contributed by atoms with Gasteiger partial charge in [0, 0.05) is 11.4 Å². The van der Waals surface area contributed by atoms with Crippen LogP contribution < -0.4 is 5.32 Å². The lowest BCUT2D eigenvalue weighted by Gasteiger charge is -2.22. The second kappa shape index (κ2) is 3.47. The summed E-state index contributed by atoms with van der Waals surface area (Å²) in [6.07, 6.45) is 0.0534. The van der Waals surface area contributed by atoms with Crippen molar-refractivity contribution >= 4 is 17.2 Å². The van der Waals surface area contributed by atoms with E-state index in [1.54, 1.807) is 11.3 Å². The average Bonchev–Trinajstić information content (AvgIpc) is 2.53. The molecule has 13 heavy (non-hydrogen) atoms. The Kier molecular flexibility index (Phi) is 2.33. The Morgan fingerprint density at radius 3 is 3.08 bits per heavy atom.